The summed E-state index contributed by atoms with van der Waals surface area (Å²) in [6.45, 7) is 6.11. The summed E-state index contributed by atoms with van der Waals surface area (Å²) >= 11 is 5.92. The molecule has 0 radical (unpaired) electrons. The Hall–Kier alpha value is -1.91. The van der Waals surface area contributed by atoms with Gasteiger partial charge >= 0.3 is 0 Å². The van der Waals surface area contributed by atoms with E-state index in [1.807, 2.05) is 24.8 Å². The predicted octanol–water partition coefficient (Wildman–Crippen LogP) is 4.24. The molecule has 1 amide bonds. The maximum atomic E-state index is 12.6. The number of hydrogen-bond acceptors (Lipinski definition) is 3. The van der Waals surface area contributed by atoms with E-state index in [1.165, 1.54) is 11.1 Å². The molecule has 140 valence electrons. The van der Waals surface area contributed by atoms with Gasteiger partial charge in [0.2, 0.25) is 0 Å². The molecule has 2 N–H and O–H groups in total. The van der Waals surface area contributed by atoms with Crippen molar-refractivity contribution >= 4 is 17.5 Å². The van der Waals surface area contributed by atoms with Crippen LogP contribution in [0.1, 0.15) is 53.7 Å². The minimum Gasteiger partial charge on any atom is -0.338 e. The molecule has 2 aromatic rings. The van der Waals surface area contributed by atoms with E-state index in [0.29, 0.717) is 17.3 Å². The number of halogens is 1. The Labute approximate surface area is 161 Å². The SMILES string of the molecule is CC.NCc1ccccc1CCCCN1CCc2cnc(Cl)cc2C1=O. The van der Waals surface area contributed by atoms with Crippen molar-refractivity contribution in [1.29, 1.82) is 0 Å². The lowest BCUT2D eigenvalue weighted by Gasteiger charge is -2.28. The Bertz CT molecular complexity index is 733. The minimum atomic E-state index is 0.0721. The van der Waals surface area contributed by atoms with Crippen molar-refractivity contribution in [1.82, 2.24) is 9.88 Å². The van der Waals surface area contributed by atoms with Crippen molar-refractivity contribution in [2.45, 2.75) is 46.1 Å². The fourth-order valence-corrected chi connectivity index (χ4v) is 3.37. The average molecular weight is 374 g/mol. The molecule has 1 aromatic carbocycles. The lowest BCUT2D eigenvalue weighted by molar-refractivity contribution is 0.0736. The summed E-state index contributed by atoms with van der Waals surface area (Å²) in [6, 6.07) is 9.98. The van der Waals surface area contributed by atoms with Crippen LogP contribution in [0.4, 0.5) is 0 Å². The Balaban J connectivity index is 0.00000117. The maximum Gasteiger partial charge on any atom is 0.254 e. The molecule has 0 atom stereocenters. The molecule has 1 aromatic heterocycles. The van der Waals surface area contributed by atoms with Crippen molar-refractivity contribution < 1.29 is 4.79 Å². The van der Waals surface area contributed by atoms with Gasteiger partial charge in [-0.3, -0.25) is 4.79 Å². The van der Waals surface area contributed by atoms with Gasteiger partial charge in [0.25, 0.3) is 5.91 Å². The number of hydrogen-bond donors (Lipinski definition) is 1. The van der Waals surface area contributed by atoms with Crippen molar-refractivity contribution in [2.75, 3.05) is 13.1 Å². The second kappa shape index (κ2) is 10.3. The molecule has 0 fully saturated rings. The highest BCUT2D eigenvalue weighted by Crippen LogP contribution is 2.21. The first kappa shape index (κ1) is 20.4. The number of pyridine rings is 1. The van der Waals surface area contributed by atoms with Gasteiger partial charge in [-0.25, -0.2) is 4.98 Å². The molecule has 3 rings (SSSR count). The van der Waals surface area contributed by atoms with Gasteiger partial charge in [0.1, 0.15) is 5.15 Å². The summed E-state index contributed by atoms with van der Waals surface area (Å²) in [6.07, 6.45) is 5.60. The Morgan fingerprint density at radius 3 is 2.65 bits per heavy atom. The number of aromatic nitrogens is 1. The summed E-state index contributed by atoms with van der Waals surface area (Å²) in [5, 5.41) is 0.377. The van der Waals surface area contributed by atoms with E-state index in [4.69, 9.17) is 17.3 Å². The molecule has 0 bridgehead atoms. The summed E-state index contributed by atoms with van der Waals surface area (Å²) in [4.78, 5) is 18.5. The van der Waals surface area contributed by atoms with Crippen molar-refractivity contribution in [3.63, 3.8) is 0 Å². The third kappa shape index (κ3) is 5.05. The van der Waals surface area contributed by atoms with Crippen molar-refractivity contribution in [3.05, 3.63) is 63.9 Å². The van der Waals surface area contributed by atoms with Gasteiger partial charge in [-0.2, -0.15) is 0 Å². The lowest BCUT2D eigenvalue weighted by Crippen LogP contribution is -2.38. The fourth-order valence-electron chi connectivity index (χ4n) is 3.22. The van der Waals surface area contributed by atoms with Crippen LogP contribution in [0.2, 0.25) is 5.15 Å². The number of rotatable bonds is 6. The third-order valence-corrected chi connectivity index (χ3v) is 4.79. The summed E-state index contributed by atoms with van der Waals surface area (Å²) < 4.78 is 0. The number of aryl methyl sites for hydroxylation is 1. The fraction of sp³-hybridized carbons (Fsp3) is 0.429. The first-order valence-corrected chi connectivity index (χ1v) is 9.77. The molecule has 1 aliphatic rings. The van der Waals surface area contributed by atoms with E-state index in [1.54, 1.807) is 12.3 Å². The Morgan fingerprint density at radius 2 is 1.92 bits per heavy atom. The lowest BCUT2D eigenvalue weighted by atomic mass is 10.00. The number of fused-ring (bicyclic) bond motifs is 1. The number of benzene rings is 1. The van der Waals surface area contributed by atoms with Crippen LogP contribution in [0.25, 0.3) is 0 Å². The van der Waals surface area contributed by atoms with E-state index < -0.39 is 0 Å². The normalized spacial score (nSPS) is 13.1. The second-order valence-electron chi connectivity index (χ2n) is 6.14. The molecule has 4 nitrogen and oxygen atoms in total. The highest BCUT2D eigenvalue weighted by Gasteiger charge is 2.24. The molecule has 5 heteroatoms. The molecule has 26 heavy (non-hydrogen) atoms. The monoisotopic (exact) mass is 373 g/mol. The smallest absolute Gasteiger partial charge is 0.254 e. The van der Waals surface area contributed by atoms with Gasteiger partial charge in [0, 0.05) is 31.4 Å². The average Bonchev–Trinajstić information content (AvgIpc) is 2.69. The molecule has 0 saturated heterocycles. The van der Waals surface area contributed by atoms with E-state index in [-0.39, 0.29) is 5.91 Å². The molecule has 2 heterocycles. The van der Waals surface area contributed by atoms with Crippen LogP contribution < -0.4 is 5.73 Å². The van der Waals surface area contributed by atoms with E-state index in [0.717, 1.165) is 44.3 Å². The standard InChI is InChI=1S/C19H22ClN3O.C2H6/c20-18-11-17-16(13-22-18)8-10-23(19(17)24)9-4-3-6-14-5-1-2-7-15(14)12-21;1-2/h1-2,5,7,11,13H,3-4,6,8-10,12,21H2;1-2H3. The number of nitrogens with zero attached hydrogens (tertiary/aromatic N) is 2. The zero-order valence-electron chi connectivity index (χ0n) is 15.7. The predicted molar refractivity (Wildman–Crippen MR) is 107 cm³/mol. The number of carbonyl (C=O) groups is 1. The van der Waals surface area contributed by atoms with Crippen LogP contribution in [-0.4, -0.2) is 28.9 Å². The van der Waals surface area contributed by atoms with Gasteiger partial charge in [-0.1, -0.05) is 49.7 Å². The summed E-state index contributed by atoms with van der Waals surface area (Å²) in [5.41, 5.74) is 10.0. The minimum absolute atomic E-state index is 0.0721. The van der Waals surface area contributed by atoms with Crippen LogP contribution in [0.15, 0.2) is 36.5 Å². The number of carbonyl (C=O) groups excluding carboxylic acids is 1. The molecule has 1 aliphatic heterocycles. The molecule has 0 aliphatic carbocycles. The van der Waals surface area contributed by atoms with Gasteiger partial charge in [0.05, 0.1) is 0 Å². The third-order valence-electron chi connectivity index (χ3n) is 4.58. The van der Waals surface area contributed by atoms with Gasteiger partial charge in [0.15, 0.2) is 0 Å². The summed E-state index contributed by atoms with van der Waals surface area (Å²) in [5.74, 6) is 0.0721. The highest BCUT2D eigenvalue weighted by molar-refractivity contribution is 6.29. The van der Waals surface area contributed by atoms with Gasteiger partial charge in [-0.15, -0.1) is 0 Å². The Morgan fingerprint density at radius 1 is 1.19 bits per heavy atom. The number of amides is 1. The number of nitrogens with two attached hydrogens (primary N) is 1. The zero-order valence-corrected chi connectivity index (χ0v) is 16.4. The summed E-state index contributed by atoms with van der Waals surface area (Å²) in [7, 11) is 0. The van der Waals surface area contributed by atoms with Gasteiger partial charge in [-0.05, 0) is 48.4 Å². The molecule has 0 saturated carbocycles. The Kier molecular flexibility index (Phi) is 8.07. The topological polar surface area (TPSA) is 59.2 Å². The van der Waals surface area contributed by atoms with Gasteiger partial charge < -0.3 is 10.6 Å². The van der Waals surface area contributed by atoms with E-state index in [9.17, 15) is 4.79 Å². The maximum absolute atomic E-state index is 12.6. The van der Waals surface area contributed by atoms with Crippen LogP contribution in [0.5, 0.6) is 0 Å². The quantitative estimate of drug-likeness (QED) is 0.608. The second-order valence-corrected chi connectivity index (χ2v) is 6.52. The zero-order chi connectivity index (χ0) is 18.9. The van der Waals surface area contributed by atoms with E-state index >= 15 is 0 Å². The van der Waals surface area contributed by atoms with Crippen molar-refractivity contribution in [2.24, 2.45) is 5.73 Å². The first-order valence-electron chi connectivity index (χ1n) is 9.39. The van der Waals surface area contributed by atoms with Crippen LogP contribution in [-0.2, 0) is 19.4 Å². The van der Waals surface area contributed by atoms with Crippen molar-refractivity contribution in [3.8, 4) is 0 Å². The van der Waals surface area contributed by atoms with Crippen LogP contribution >= 0.6 is 11.6 Å². The number of unbranched alkanes of at least 4 members (excludes halogenated alkanes) is 1. The first-order chi connectivity index (χ1) is 12.7. The van der Waals surface area contributed by atoms with E-state index in [2.05, 4.69) is 23.2 Å². The molecule has 0 unspecified atom stereocenters. The molecule has 0 spiro atoms. The molecular weight excluding hydrogens is 346 g/mol. The highest BCUT2D eigenvalue weighted by atomic mass is 35.5. The largest absolute Gasteiger partial charge is 0.338 e. The molecular formula is C21H28ClN3O. The van der Waals surface area contributed by atoms with Crippen LogP contribution in [0.3, 0.4) is 0 Å². The van der Waals surface area contributed by atoms with Crippen LogP contribution in [0, 0.1) is 0 Å².